The van der Waals surface area contributed by atoms with Gasteiger partial charge in [0.2, 0.25) is 0 Å². The van der Waals surface area contributed by atoms with Crippen molar-refractivity contribution in [1.82, 2.24) is 20.4 Å². The van der Waals surface area contributed by atoms with E-state index in [1.165, 1.54) is 0 Å². The number of benzene rings is 1. The minimum atomic E-state index is 0.751. The summed E-state index contributed by atoms with van der Waals surface area (Å²) in [5.41, 5.74) is 2.13. The van der Waals surface area contributed by atoms with Gasteiger partial charge >= 0.3 is 0 Å². The molecule has 2 rings (SSSR count). The second-order valence-electron chi connectivity index (χ2n) is 5.07. The summed E-state index contributed by atoms with van der Waals surface area (Å²) >= 11 is 0. The Morgan fingerprint density at radius 3 is 3.00 bits per heavy atom. The van der Waals surface area contributed by atoms with Crippen molar-refractivity contribution < 1.29 is 4.74 Å². The highest BCUT2D eigenvalue weighted by Crippen LogP contribution is 2.23. The minimum Gasteiger partial charge on any atom is -0.494 e. The molecule has 0 spiro atoms. The van der Waals surface area contributed by atoms with E-state index >= 15 is 0 Å². The van der Waals surface area contributed by atoms with Crippen LogP contribution in [0.15, 0.2) is 18.2 Å². The van der Waals surface area contributed by atoms with Crippen LogP contribution in [-0.2, 0) is 6.54 Å². The van der Waals surface area contributed by atoms with Crippen molar-refractivity contribution >= 4 is 10.9 Å². The van der Waals surface area contributed by atoms with Crippen LogP contribution in [0.3, 0.4) is 0 Å². The van der Waals surface area contributed by atoms with Crippen molar-refractivity contribution in [2.24, 2.45) is 0 Å². The van der Waals surface area contributed by atoms with E-state index in [-0.39, 0.29) is 0 Å². The monoisotopic (exact) mass is 276 g/mol. The van der Waals surface area contributed by atoms with Gasteiger partial charge in [-0.25, -0.2) is 0 Å². The van der Waals surface area contributed by atoms with Crippen LogP contribution in [0.1, 0.15) is 19.0 Å². The molecule has 0 atom stereocenters. The number of hydrogen-bond acceptors (Lipinski definition) is 4. The molecule has 1 aromatic heterocycles. The van der Waals surface area contributed by atoms with Crippen LogP contribution in [0.5, 0.6) is 5.75 Å². The van der Waals surface area contributed by atoms with Gasteiger partial charge in [-0.2, -0.15) is 5.10 Å². The van der Waals surface area contributed by atoms with E-state index in [1.54, 1.807) is 0 Å². The smallest absolute Gasteiger partial charge is 0.120 e. The van der Waals surface area contributed by atoms with Gasteiger partial charge in [-0.15, -0.1) is 0 Å². The lowest BCUT2D eigenvalue weighted by Crippen LogP contribution is -2.27. The topological polar surface area (TPSA) is 53.2 Å². The summed E-state index contributed by atoms with van der Waals surface area (Å²) in [6, 6.07) is 6.10. The first kappa shape index (κ1) is 14.8. The molecule has 0 aliphatic heterocycles. The van der Waals surface area contributed by atoms with Gasteiger partial charge in [-0.3, -0.25) is 10.00 Å². The molecule has 5 nitrogen and oxygen atoms in total. The van der Waals surface area contributed by atoms with Gasteiger partial charge in [0, 0.05) is 25.0 Å². The van der Waals surface area contributed by atoms with Crippen molar-refractivity contribution in [3.8, 4) is 5.75 Å². The molecular weight excluding hydrogens is 252 g/mol. The maximum absolute atomic E-state index is 5.69. The molecule has 0 aliphatic rings. The summed E-state index contributed by atoms with van der Waals surface area (Å²) < 4.78 is 5.69. The summed E-state index contributed by atoms with van der Waals surface area (Å²) in [4.78, 5) is 2.26. The summed E-state index contributed by atoms with van der Waals surface area (Å²) in [6.45, 7) is 5.67. The van der Waals surface area contributed by atoms with Crippen molar-refractivity contribution in [1.29, 1.82) is 0 Å². The fourth-order valence-corrected chi connectivity index (χ4v) is 2.12. The highest BCUT2D eigenvalue weighted by atomic mass is 16.5. The normalized spacial score (nSPS) is 11.4. The Morgan fingerprint density at radius 2 is 2.25 bits per heavy atom. The lowest BCUT2D eigenvalue weighted by atomic mass is 10.2. The van der Waals surface area contributed by atoms with Crippen molar-refractivity contribution in [2.75, 3.05) is 33.8 Å². The Morgan fingerprint density at radius 1 is 1.40 bits per heavy atom. The molecule has 0 fully saturated rings. The van der Waals surface area contributed by atoms with Crippen molar-refractivity contribution in [3.05, 3.63) is 23.9 Å². The molecule has 1 heterocycles. The van der Waals surface area contributed by atoms with E-state index in [4.69, 9.17) is 4.74 Å². The number of rotatable bonds is 8. The fraction of sp³-hybridized carbons (Fsp3) is 0.533. The Hall–Kier alpha value is -1.59. The van der Waals surface area contributed by atoms with E-state index in [2.05, 4.69) is 40.5 Å². The molecule has 0 bridgehead atoms. The Balaban J connectivity index is 2.12. The van der Waals surface area contributed by atoms with Crippen molar-refractivity contribution in [3.63, 3.8) is 0 Å². The molecule has 0 unspecified atom stereocenters. The van der Waals surface area contributed by atoms with Crippen LogP contribution in [-0.4, -0.2) is 48.9 Å². The predicted molar refractivity (Wildman–Crippen MR) is 82.1 cm³/mol. The van der Waals surface area contributed by atoms with E-state index in [9.17, 15) is 0 Å². The van der Waals surface area contributed by atoms with Crippen molar-refractivity contribution in [2.45, 2.75) is 19.9 Å². The highest BCUT2D eigenvalue weighted by Gasteiger charge is 2.09. The van der Waals surface area contributed by atoms with Gasteiger partial charge in [0.25, 0.3) is 0 Å². The zero-order chi connectivity index (χ0) is 14.4. The summed E-state index contributed by atoms with van der Waals surface area (Å²) in [5, 5.41) is 11.8. The van der Waals surface area contributed by atoms with E-state index in [1.807, 2.05) is 19.2 Å². The molecule has 0 saturated carbocycles. The second kappa shape index (κ2) is 7.26. The zero-order valence-electron chi connectivity index (χ0n) is 12.6. The standard InChI is InChI=1S/C15H24N4O/c1-4-9-20-12-5-6-14-13(10-12)15(18-17-14)11-19(3)8-7-16-2/h5-6,10,16H,4,7-9,11H2,1-3H3,(H,17,18). The third kappa shape index (κ3) is 3.71. The average Bonchev–Trinajstić information content (AvgIpc) is 2.85. The first-order chi connectivity index (χ1) is 9.74. The predicted octanol–water partition coefficient (Wildman–Crippen LogP) is 2.00. The highest BCUT2D eigenvalue weighted by molar-refractivity contribution is 5.82. The molecule has 20 heavy (non-hydrogen) atoms. The van der Waals surface area contributed by atoms with Crippen LogP contribution in [0.4, 0.5) is 0 Å². The first-order valence-electron chi connectivity index (χ1n) is 7.17. The number of aromatic nitrogens is 2. The SMILES string of the molecule is CCCOc1ccc2[nH]nc(CN(C)CCNC)c2c1. The maximum atomic E-state index is 5.69. The quantitative estimate of drug-likeness (QED) is 0.774. The molecule has 2 aromatic rings. The van der Waals surface area contributed by atoms with E-state index < -0.39 is 0 Å². The average molecular weight is 276 g/mol. The summed E-state index contributed by atoms with van der Waals surface area (Å²) in [7, 11) is 4.07. The third-order valence-electron chi connectivity index (χ3n) is 3.25. The lowest BCUT2D eigenvalue weighted by molar-refractivity contribution is 0.317. The molecule has 0 amide bonds. The molecule has 0 radical (unpaired) electrons. The minimum absolute atomic E-state index is 0.751. The molecule has 110 valence electrons. The number of hydrogen-bond donors (Lipinski definition) is 2. The largest absolute Gasteiger partial charge is 0.494 e. The number of ether oxygens (including phenoxy) is 1. The van der Waals surface area contributed by atoms with Crippen LogP contribution < -0.4 is 10.1 Å². The summed E-state index contributed by atoms with van der Waals surface area (Å²) in [5.74, 6) is 0.917. The first-order valence-corrected chi connectivity index (χ1v) is 7.17. The molecule has 5 heteroatoms. The molecule has 2 N–H and O–H groups in total. The van der Waals surface area contributed by atoms with Gasteiger partial charge in [-0.05, 0) is 38.7 Å². The van der Waals surface area contributed by atoms with Gasteiger partial charge in [0.05, 0.1) is 17.8 Å². The lowest BCUT2D eigenvalue weighted by Gasteiger charge is -2.14. The summed E-state index contributed by atoms with van der Waals surface area (Å²) in [6.07, 6.45) is 1.02. The molecule has 1 aromatic carbocycles. The van der Waals surface area contributed by atoms with Gasteiger partial charge in [-0.1, -0.05) is 6.92 Å². The number of likely N-dealkylation sites (N-methyl/N-ethyl adjacent to an activating group) is 2. The Labute approximate surface area is 120 Å². The molecular formula is C15H24N4O. The molecule has 0 saturated heterocycles. The van der Waals surface area contributed by atoms with Crippen LogP contribution in [0.2, 0.25) is 0 Å². The third-order valence-corrected chi connectivity index (χ3v) is 3.25. The number of nitrogens with zero attached hydrogens (tertiary/aromatic N) is 2. The Bertz CT molecular complexity index is 538. The van der Waals surface area contributed by atoms with Crippen LogP contribution in [0, 0.1) is 0 Å². The Kier molecular flexibility index (Phi) is 5.38. The number of nitrogens with one attached hydrogen (secondary N) is 2. The van der Waals surface area contributed by atoms with Gasteiger partial charge in [0.15, 0.2) is 0 Å². The number of aromatic amines is 1. The zero-order valence-corrected chi connectivity index (χ0v) is 12.6. The fourth-order valence-electron chi connectivity index (χ4n) is 2.12. The number of fused-ring (bicyclic) bond motifs is 1. The maximum Gasteiger partial charge on any atom is 0.120 e. The van der Waals surface area contributed by atoms with E-state index in [0.29, 0.717) is 0 Å². The molecule has 0 aliphatic carbocycles. The van der Waals surface area contributed by atoms with Gasteiger partial charge < -0.3 is 10.1 Å². The number of H-pyrrole nitrogens is 1. The van der Waals surface area contributed by atoms with Crippen LogP contribution in [0.25, 0.3) is 10.9 Å². The van der Waals surface area contributed by atoms with E-state index in [0.717, 1.165) is 55.0 Å². The van der Waals surface area contributed by atoms with Crippen LogP contribution >= 0.6 is 0 Å². The van der Waals surface area contributed by atoms with Gasteiger partial charge in [0.1, 0.15) is 5.75 Å². The second-order valence-corrected chi connectivity index (χ2v) is 5.07.